The van der Waals surface area contributed by atoms with Crippen LogP contribution in [0.25, 0.3) is 0 Å². The van der Waals surface area contributed by atoms with Gasteiger partial charge in [-0.05, 0) is 87.0 Å². The van der Waals surface area contributed by atoms with E-state index in [1.54, 1.807) is 4.90 Å². The number of carbonyl (C=O) groups is 2. The summed E-state index contributed by atoms with van der Waals surface area (Å²) in [4.78, 5) is 29.5. The molecule has 1 aromatic rings. The molecule has 1 spiro atoms. The Labute approximate surface area is 193 Å². The summed E-state index contributed by atoms with van der Waals surface area (Å²) < 4.78 is 0. The number of benzene rings is 1. The van der Waals surface area contributed by atoms with Crippen molar-refractivity contribution in [1.29, 1.82) is 0 Å². The van der Waals surface area contributed by atoms with Crippen molar-refractivity contribution in [3.05, 3.63) is 35.4 Å². The number of piperidine rings is 1. The fraction of sp³-hybridized carbons (Fsp3) is 0.704. The van der Waals surface area contributed by atoms with Crippen LogP contribution in [0.5, 0.6) is 0 Å². The van der Waals surface area contributed by atoms with Crippen molar-refractivity contribution in [2.24, 2.45) is 5.41 Å². The summed E-state index contributed by atoms with van der Waals surface area (Å²) in [6, 6.07) is 8.41. The Kier molecular flexibility index (Phi) is 6.67. The molecule has 0 unspecified atom stereocenters. The minimum absolute atomic E-state index is 0.0204. The van der Waals surface area contributed by atoms with Crippen molar-refractivity contribution in [3.8, 4) is 0 Å². The summed E-state index contributed by atoms with van der Waals surface area (Å²) in [7, 11) is 0. The molecule has 0 radical (unpaired) electrons. The molecular formula is C27H41N3O2. The summed E-state index contributed by atoms with van der Waals surface area (Å²) >= 11 is 0. The van der Waals surface area contributed by atoms with Crippen LogP contribution in [0.15, 0.2) is 24.3 Å². The van der Waals surface area contributed by atoms with Crippen molar-refractivity contribution in [2.45, 2.75) is 90.1 Å². The molecule has 0 saturated carbocycles. The monoisotopic (exact) mass is 439 g/mol. The molecule has 2 heterocycles. The first-order valence-corrected chi connectivity index (χ1v) is 12.6. The maximum atomic E-state index is 13.0. The molecule has 2 fully saturated rings. The molecule has 5 heteroatoms. The van der Waals surface area contributed by atoms with Gasteiger partial charge in [0, 0.05) is 13.0 Å². The maximum Gasteiger partial charge on any atom is 0.242 e. The molecule has 5 nitrogen and oxygen atoms in total. The molecule has 32 heavy (non-hydrogen) atoms. The van der Waals surface area contributed by atoms with E-state index in [1.165, 1.54) is 36.9 Å². The fourth-order valence-corrected chi connectivity index (χ4v) is 5.87. The summed E-state index contributed by atoms with van der Waals surface area (Å²) in [5.41, 5.74) is 3.36. The second-order valence-electron chi connectivity index (χ2n) is 11.5. The smallest absolute Gasteiger partial charge is 0.242 e. The van der Waals surface area contributed by atoms with Crippen LogP contribution in [0.2, 0.25) is 0 Å². The number of nitrogens with one attached hydrogen (secondary N) is 1. The summed E-state index contributed by atoms with van der Waals surface area (Å²) in [5.74, 6) is 0.0851. The zero-order chi connectivity index (χ0) is 22.9. The van der Waals surface area contributed by atoms with Gasteiger partial charge in [-0.3, -0.25) is 9.59 Å². The molecule has 1 aromatic carbocycles. The van der Waals surface area contributed by atoms with E-state index in [4.69, 9.17) is 0 Å². The third kappa shape index (κ3) is 4.88. The Morgan fingerprint density at radius 1 is 1.16 bits per heavy atom. The fourth-order valence-electron chi connectivity index (χ4n) is 5.87. The molecule has 3 aliphatic rings. The number of hydrogen-bond acceptors (Lipinski definition) is 3. The number of hydrogen-bond donors (Lipinski definition) is 1. The van der Waals surface area contributed by atoms with Crippen molar-refractivity contribution in [3.63, 3.8) is 0 Å². The predicted molar refractivity (Wildman–Crippen MR) is 128 cm³/mol. The van der Waals surface area contributed by atoms with Gasteiger partial charge in [0.15, 0.2) is 0 Å². The molecule has 0 aromatic heterocycles. The highest BCUT2D eigenvalue weighted by atomic mass is 16.2. The number of rotatable bonds is 5. The standard InChI is InChI=1S/C27H41N3O2/c1-20(30-16-7-10-24(30)31)25(32)28-23-11-12-27(22-9-6-5-8-21(22)23)14-18-29(19-15-27)17-13-26(2,3)4/h5-6,8-9,20,23H,7,10-19H2,1-4H3,(H,28,32)/t20-,23-/m1/s1. The van der Waals surface area contributed by atoms with Gasteiger partial charge in [-0.2, -0.15) is 0 Å². The zero-order valence-corrected chi connectivity index (χ0v) is 20.5. The Hall–Kier alpha value is -1.88. The van der Waals surface area contributed by atoms with Crippen LogP contribution >= 0.6 is 0 Å². The number of nitrogens with zero attached hydrogens (tertiary/aromatic N) is 2. The normalized spacial score (nSPS) is 24.4. The molecule has 176 valence electrons. The summed E-state index contributed by atoms with van der Waals surface area (Å²) in [5, 5.41) is 3.30. The van der Waals surface area contributed by atoms with E-state index in [1.807, 2.05) is 6.92 Å². The van der Waals surface area contributed by atoms with E-state index in [-0.39, 0.29) is 29.3 Å². The quantitative estimate of drug-likeness (QED) is 0.739. The summed E-state index contributed by atoms with van der Waals surface area (Å²) in [6.07, 6.45) is 7.17. The van der Waals surface area contributed by atoms with Crippen molar-refractivity contribution in [1.82, 2.24) is 15.1 Å². The van der Waals surface area contributed by atoms with Gasteiger partial charge in [-0.25, -0.2) is 0 Å². The zero-order valence-electron chi connectivity index (χ0n) is 20.5. The van der Waals surface area contributed by atoms with E-state index >= 15 is 0 Å². The highest BCUT2D eigenvalue weighted by Crippen LogP contribution is 2.48. The molecule has 2 amide bonds. The Balaban J connectivity index is 1.43. The minimum Gasteiger partial charge on any atom is -0.348 e. The van der Waals surface area contributed by atoms with Crippen LogP contribution in [0.3, 0.4) is 0 Å². The molecule has 2 saturated heterocycles. The van der Waals surface area contributed by atoms with Gasteiger partial charge in [-0.15, -0.1) is 0 Å². The Morgan fingerprint density at radius 2 is 1.88 bits per heavy atom. The maximum absolute atomic E-state index is 13.0. The number of amides is 2. The molecule has 0 bridgehead atoms. The topological polar surface area (TPSA) is 52.7 Å². The van der Waals surface area contributed by atoms with Crippen LogP contribution in [0, 0.1) is 5.41 Å². The first-order valence-electron chi connectivity index (χ1n) is 12.6. The summed E-state index contributed by atoms with van der Waals surface area (Å²) in [6.45, 7) is 13.0. The van der Waals surface area contributed by atoms with E-state index in [0.717, 1.165) is 32.4 Å². The van der Waals surface area contributed by atoms with Crippen LogP contribution in [0.4, 0.5) is 0 Å². The Morgan fingerprint density at radius 3 is 2.53 bits per heavy atom. The van der Waals surface area contributed by atoms with E-state index < -0.39 is 0 Å². The SMILES string of the molecule is C[C@H](C(=O)N[C@@H]1CCC2(CCN(CCC(C)(C)C)CC2)c2ccccc21)N1CCCC1=O. The van der Waals surface area contributed by atoms with E-state index in [0.29, 0.717) is 18.4 Å². The van der Waals surface area contributed by atoms with Crippen LogP contribution in [0.1, 0.15) is 89.8 Å². The molecule has 1 aliphatic carbocycles. The Bertz CT molecular complexity index is 836. The van der Waals surface area contributed by atoms with Crippen molar-refractivity contribution >= 4 is 11.8 Å². The number of fused-ring (bicyclic) bond motifs is 2. The van der Waals surface area contributed by atoms with Crippen molar-refractivity contribution < 1.29 is 9.59 Å². The van der Waals surface area contributed by atoms with E-state index in [9.17, 15) is 9.59 Å². The highest BCUT2D eigenvalue weighted by molar-refractivity contribution is 5.88. The lowest BCUT2D eigenvalue weighted by atomic mass is 9.63. The average Bonchev–Trinajstić information content (AvgIpc) is 3.20. The number of likely N-dealkylation sites (tertiary alicyclic amines) is 2. The highest BCUT2D eigenvalue weighted by Gasteiger charge is 2.42. The van der Waals surface area contributed by atoms with Gasteiger partial charge in [0.1, 0.15) is 6.04 Å². The van der Waals surface area contributed by atoms with Crippen LogP contribution < -0.4 is 5.32 Å². The van der Waals surface area contributed by atoms with Crippen molar-refractivity contribution in [2.75, 3.05) is 26.2 Å². The van der Waals surface area contributed by atoms with Gasteiger partial charge in [0.25, 0.3) is 0 Å². The second kappa shape index (κ2) is 9.17. The van der Waals surface area contributed by atoms with Gasteiger partial charge < -0.3 is 15.1 Å². The third-order valence-corrected chi connectivity index (χ3v) is 8.08. The lowest BCUT2D eigenvalue weighted by Crippen LogP contribution is -2.49. The predicted octanol–water partition coefficient (Wildman–Crippen LogP) is 4.42. The molecule has 2 atom stereocenters. The molecular weight excluding hydrogens is 398 g/mol. The lowest BCUT2D eigenvalue weighted by molar-refractivity contribution is -0.137. The molecule has 2 aliphatic heterocycles. The average molecular weight is 440 g/mol. The van der Waals surface area contributed by atoms with Crippen LogP contribution in [-0.2, 0) is 15.0 Å². The molecule has 1 N–H and O–H groups in total. The van der Waals surface area contributed by atoms with E-state index in [2.05, 4.69) is 55.3 Å². The van der Waals surface area contributed by atoms with Gasteiger partial charge in [0.05, 0.1) is 6.04 Å². The first-order chi connectivity index (χ1) is 15.2. The lowest BCUT2D eigenvalue weighted by Gasteiger charge is -2.47. The van der Waals surface area contributed by atoms with Gasteiger partial charge >= 0.3 is 0 Å². The first kappa shape index (κ1) is 23.3. The minimum atomic E-state index is -0.390. The molecule has 4 rings (SSSR count). The second-order valence-corrected chi connectivity index (χ2v) is 11.5. The number of carbonyl (C=O) groups excluding carboxylic acids is 2. The van der Waals surface area contributed by atoms with Crippen LogP contribution in [-0.4, -0.2) is 53.8 Å². The van der Waals surface area contributed by atoms with Gasteiger partial charge in [0.2, 0.25) is 11.8 Å². The largest absolute Gasteiger partial charge is 0.348 e. The van der Waals surface area contributed by atoms with Gasteiger partial charge in [-0.1, -0.05) is 45.0 Å². The third-order valence-electron chi connectivity index (χ3n) is 8.08.